The molecule has 4 aliphatic rings. The van der Waals surface area contributed by atoms with Gasteiger partial charge in [0.2, 0.25) is 10.0 Å². The summed E-state index contributed by atoms with van der Waals surface area (Å²) in [5, 5.41) is 0.566. The van der Waals surface area contributed by atoms with E-state index in [2.05, 4.69) is 0 Å². The summed E-state index contributed by atoms with van der Waals surface area (Å²) < 4.78 is 27.8. The van der Waals surface area contributed by atoms with Crippen LogP contribution in [0.4, 0.5) is 0 Å². The van der Waals surface area contributed by atoms with Gasteiger partial charge >= 0.3 is 0 Å². The molecule has 0 radical (unpaired) electrons. The molecule has 4 saturated carbocycles. The van der Waals surface area contributed by atoms with Crippen molar-refractivity contribution in [2.45, 2.75) is 49.0 Å². The molecule has 5 heteroatoms. The molecule has 4 fully saturated rings. The Morgan fingerprint density at radius 3 is 1.91 bits per heavy atom. The Morgan fingerprint density at radius 1 is 1.00 bits per heavy atom. The molecule has 0 heterocycles. The molecule has 0 atom stereocenters. The van der Waals surface area contributed by atoms with Crippen LogP contribution in [0.5, 0.6) is 0 Å². The maximum Gasteiger partial charge on any atom is 0.243 e. The van der Waals surface area contributed by atoms with E-state index in [-0.39, 0.29) is 5.54 Å². The molecule has 22 heavy (non-hydrogen) atoms. The summed E-state index contributed by atoms with van der Waals surface area (Å²) in [6.07, 6.45) is 7.07. The Labute approximate surface area is 137 Å². The van der Waals surface area contributed by atoms with Crippen molar-refractivity contribution in [2.75, 3.05) is 7.05 Å². The third-order valence-electron chi connectivity index (χ3n) is 6.15. The van der Waals surface area contributed by atoms with Crippen molar-refractivity contribution in [3.8, 4) is 0 Å². The summed E-state index contributed by atoms with van der Waals surface area (Å²) in [5.74, 6) is 2.19. The van der Waals surface area contributed by atoms with Crippen molar-refractivity contribution in [3.63, 3.8) is 0 Å². The number of hydrogen-bond acceptors (Lipinski definition) is 2. The van der Waals surface area contributed by atoms with Crippen LogP contribution >= 0.6 is 11.6 Å². The third-order valence-corrected chi connectivity index (χ3v) is 8.37. The van der Waals surface area contributed by atoms with Gasteiger partial charge in [0.05, 0.1) is 4.90 Å². The molecule has 1 aromatic rings. The Morgan fingerprint density at radius 2 is 1.45 bits per heavy atom. The first-order valence-electron chi connectivity index (χ1n) is 8.14. The Hall–Kier alpha value is -0.580. The minimum atomic E-state index is -3.44. The van der Waals surface area contributed by atoms with Crippen LogP contribution in [0, 0.1) is 17.8 Å². The van der Waals surface area contributed by atoms with Gasteiger partial charge in [-0.15, -0.1) is 0 Å². The van der Waals surface area contributed by atoms with Crippen molar-refractivity contribution in [1.29, 1.82) is 0 Å². The van der Waals surface area contributed by atoms with E-state index >= 15 is 0 Å². The molecule has 0 N–H and O–H groups in total. The number of rotatable bonds is 3. The number of hydrogen-bond donors (Lipinski definition) is 0. The second-order valence-corrected chi connectivity index (χ2v) is 9.97. The van der Waals surface area contributed by atoms with Crippen LogP contribution in [0.3, 0.4) is 0 Å². The van der Waals surface area contributed by atoms with Gasteiger partial charge in [-0.1, -0.05) is 11.6 Å². The zero-order chi connectivity index (χ0) is 15.5. The summed E-state index contributed by atoms with van der Waals surface area (Å²) in [6, 6.07) is 6.55. The molecule has 0 saturated heterocycles. The Balaban J connectivity index is 1.69. The smallest absolute Gasteiger partial charge is 0.207 e. The normalized spacial score (nSPS) is 37.0. The lowest BCUT2D eigenvalue weighted by Crippen LogP contribution is -2.60. The lowest BCUT2D eigenvalue weighted by Gasteiger charge is -2.59. The van der Waals surface area contributed by atoms with E-state index in [4.69, 9.17) is 11.6 Å². The first-order chi connectivity index (χ1) is 10.4. The molecule has 0 amide bonds. The molecule has 4 bridgehead atoms. The van der Waals surface area contributed by atoms with Crippen molar-refractivity contribution >= 4 is 21.6 Å². The molecule has 1 aromatic carbocycles. The van der Waals surface area contributed by atoms with Gasteiger partial charge in [-0.25, -0.2) is 8.42 Å². The van der Waals surface area contributed by atoms with E-state index < -0.39 is 10.0 Å². The summed E-state index contributed by atoms with van der Waals surface area (Å²) in [5.41, 5.74) is -0.146. The third kappa shape index (κ3) is 2.22. The Bertz CT molecular complexity index is 648. The predicted octanol–water partition coefficient (Wildman–Crippen LogP) is 3.93. The van der Waals surface area contributed by atoms with Gasteiger partial charge in [0.25, 0.3) is 0 Å². The minimum Gasteiger partial charge on any atom is -0.207 e. The van der Waals surface area contributed by atoms with E-state index in [1.54, 1.807) is 35.6 Å². The van der Waals surface area contributed by atoms with Crippen LogP contribution in [0.15, 0.2) is 29.2 Å². The molecule has 0 unspecified atom stereocenters. The average molecular weight is 340 g/mol. The van der Waals surface area contributed by atoms with Gasteiger partial charge < -0.3 is 0 Å². The van der Waals surface area contributed by atoms with Gasteiger partial charge in [-0.3, -0.25) is 0 Å². The molecule has 0 spiro atoms. The van der Waals surface area contributed by atoms with Crippen molar-refractivity contribution in [3.05, 3.63) is 29.3 Å². The molecular weight excluding hydrogens is 318 g/mol. The summed E-state index contributed by atoms with van der Waals surface area (Å²) in [4.78, 5) is 0.357. The van der Waals surface area contributed by atoms with Gasteiger partial charge in [-0.2, -0.15) is 4.31 Å². The number of benzene rings is 1. The molecule has 4 aliphatic carbocycles. The first kappa shape index (κ1) is 15.0. The molecule has 0 aliphatic heterocycles. The van der Waals surface area contributed by atoms with Crippen LogP contribution in [0.1, 0.15) is 38.5 Å². The van der Waals surface area contributed by atoms with Crippen molar-refractivity contribution in [2.24, 2.45) is 17.8 Å². The van der Waals surface area contributed by atoms with Crippen LogP contribution in [0.2, 0.25) is 5.02 Å². The maximum atomic E-state index is 13.0. The molecule has 0 aromatic heterocycles. The fraction of sp³-hybridized carbons (Fsp3) is 0.647. The van der Waals surface area contributed by atoms with Crippen LogP contribution in [-0.2, 0) is 10.0 Å². The zero-order valence-corrected chi connectivity index (χ0v) is 14.4. The SMILES string of the molecule is CN(C12CC3CC(CC(C3)C1)C2)S(=O)(=O)c1ccc(Cl)cc1. The second-order valence-electron chi connectivity index (χ2n) is 7.57. The topological polar surface area (TPSA) is 37.4 Å². The highest BCUT2D eigenvalue weighted by Gasteiger charge is 2.55. The van der Waals surface area contributed by atoms with Crippen LogP contribution < -0.4 is 0 Å². The summed E-state index contributed by atoms with van der Waals surface area (Å²) >= 11 is 5.89. The quantitative estimate of drug-likeness (QED) is 0.836. The number of halogens is 1. The highest BCUT2D eigenvalue weighted by Crippen LogP contribution is 2.58. The zero-order valence-electron chi connectivity index (χ0n) is 12.8. The number of sulfonamides is 1. The van der Waals surface area contributed by atoms with Gasteiger partial charge in [0, 0.05) is 17.6 Å². The largest absolute Gasteiger partial charge is 0.243 e. The first-order valence-corrected chi connectivity index (χ1v) is 9.95. The standard InChI is InChI=1S/C17H22ClNO2S/c1-19(22(20,21)16-4-2-15(18)3-5-16)17-9-12-6-13(10-17)8-14(7-12)11-17/h2-5,12-14H,6-11H2,1H3. The Kier molecular flexibility index (Phi) is 3.37. The van der Waals surface area contributed by atoms with Crippen LogP contribution in [0.25, 0.3) is 0 Å². The van der Waals surface area contributed by atoms with E-state index in [0.29, 0.717) is 9.92 Å². The molecule has 120 valence electrons. The average Bonchev–Trinajstić information content (AvgIpc) is 2.45. The minimum absolute atomic E-state index is 0.146. The second kappa shape index (κ2) is 4.96. The molecular formula is C17H22ClNO2S. The van der Waals surface area contributed by atoms with Gasteiger partial charge in [-0.05, 0) is 80.5 Å². The van der Waals surface area contributed by atoms with E-state index in [9.17, 15) is 8.42 Å². The van der Waals surface area contributed by atoms with E-state index in [0.717, 1.165) is 37.0 Å². The van der Waals surface area contributed by atoms with Crippen molar-refractivity contribution < 1.29 is 8.42 Å². The van der Waals surface area contributed by atoms with Gasteiger partial charge in [0.1, 0.15) is 0 Å². The fourth-order valence-electron chi connectivity index (χ4n) is 5.47. The predicted molar refractivity (Wildman–Crippen MR) is 87.3 cm³/mol. The lowest BCUT2D eigenvalue weighted by molar-refractivity contribution is -0.0495. The van der Waals surface area contributed by atoms with Crippen molar-refractivity contribution in [1.82, 2.24) is 4.31 Å². The van der Waals surface area contributed by atoms with Crippen LogP contribution in [-0.4, -0.2) is 25.3 Å². The summed E-state index contributed by atoms with van der Waals surface area (Å²) in [7, 11) is -1.65. The highest BCUT2D eigenvalue weighted by atomic mass is 35.5. The number of nitrogens with zero attached hydrogens (tertiary/aromatic N) is 1. The monoisotopic (exact) mass is 339 g/mol. The highest BCUT2D eigenvalue weighted by molar-refractivity contribution is 7.89. The van der Waals surface area contributed by atoms with E-state index in [1.807, 2.05) is 0 Å². The molecule has 3 nitrogen and oxygen atoms in total. The lowest BCUT2D eigenvalue weighted by atomic mass is 9.53. The van der Waals surface area contributed by atoms with Gasteiger partial charge in [0.15, 0.2) is 0 Å². The fourth-order valence-corrected chi connectivity index (χ4v) is 7.13. The molecule has 5 rings (SSSR count). The maximum absolute atomic E-state index is 13.0. The van der Waals surface area contributed by atoms with E-state index in [1.165, 1.54) is 19.3 Å². The summed E-state index contributed by atoms with van der Waals surface area (Å²) in [6.45, 7) is 0.